The maximum atomic E-state index is 5.19. The van der Waals surface area contributed by atoms with E-state index in [1.807, 2.05) is 35.9 Å². The highest BCUT2D eigenvalue weighted by Crippen LogP contribution is 2.29. The van der Waals surface area contributed by atoms with Crippen LogP contribution in [0.2, 0.25) is 0 Å². The highest BCUT2D eigenvalue weighted by molar-refractivity contribution is 5.80. The summed E-state index contributed by atoms with van der Waals surface area (Å²) >= 11 is 0. The van der Waals surface area contributed by atoms with Gasteiger partial charge in [0, 0.05) is 12.0 Å². The monoisotopic (exact) mass is 387 g/mol. The first kappa shape index (κ1) is 18.5. The summed E-state index contributed by atoms with van der Waals surface area (Å²) in [6.45, 7) is 2.61. The van der Waals surface area contributed by atoms with Crippen LogP contribution in [-0.4, -0.2) is 42.5 Å². The van der Waals surface area contributed by atoms with Gasteiger partial charge in [0.05, 0.1) is 13.7 Å². The van der Waals surface area contributed by atoms with Gasteiger partial charge in [-0.25, -0.2) is 9.78 Å². The first-order valence-corrected chi connectivity index (χ1v) is 9.29. The zero-order valence-electron chi connectivity index (χ0n) is 16.3. The van der Waals surface area contributed by atoms with Gasteiger partial charge in [-0.15, -0.1) is 10.2 Å². The normalized spacial score (nSPS) is 11.2. The van der Waals surface area contributed by atoms with E-state index >= 15 is 0 Å². The molecule has 8 nitrogen and oxygen atoms in total. The summed E-state index contributed by atoms with van der Waals surface area (Å²) in [6.07, 6.45) is 4.77. The second-order valence-electron chi connectivity index (χ2n) is 6.44. The van der Waals surface area contributed by atoms with Gasteiger partial charge in [0.2, 0.25) is 0 Å². The van der Waals surface area contributed by atoms with E-state index in [2.05, 4.69) is 67.1 Å². The van der Waals surface area contributed by atoms with Crippen LogP contribution in [-0.2, 0) is 13.0 Å². The Balaban J connectivity index is 1.60. The smallest absolute Gasteiger partial charge is 0.335 e. The maximum absolute atomic E-state index is 5.19. The number of allylic oxidation sites excluding steroid dienone is 2. The Morgan fingerprint density at radius 1 is 1.07 bits per heavy atom. The zero-order valence-corrected chi connectivity index (χ0v) is 16.3. The molecule has 0 aliphatic heterocycles. The largest absolute Gasteiger partial charge is 0.466 e. The molecule has 0 spiro atoms. The van der Waals surface area contributed by atoms with Crippen LogP contribution < -0.4 is 4.74 Å². The lowest BCUT2D eigenvalue weighted by atomic mass is 9.98. The van der Waals surface area contributed by atoms with Gasteiger partial charge in [-0.1, -0.05) is 60.7 Å². The molecule has 0 aliphatic carbocycles. The zero-order chi connectivity index (χ0) is 20.1. The summed E-state index contributed by atoms with van der Waals surface area (Å²) < 4.78 is 7.07. The Morgan fingerprint density at radius 2 is 1.86 bits per heavy atom. The fraction of sp³-hybridized carbons (Fsp3) is 0.190. The molecule has 4 rings (SSSR count). The van der Waals surface area contributed by atoms with Gasteiger partial charge in [-0.3, -0.25) is 0 Å². The Morgan fingerprint density at radius 3 is 2.55 bits per heavy atom. The SMILES string of the molecule is C/C=C/Cc1nc(OC)nn1Cc1ccc(-c2ccccc2-c2nnn[nH]2)cc1. The molecule has 0 saturated heterocycles. The first-order valence-electron chi connectivity index (χ1n) is 9.29. The lowest BCUT2D eigenvalue weighted by Crippen LogP contribution is -2.06. The number of aromatic amines is 1. The highest BCUT2D eigenvalue weighted by Gasteiger charge is 2.12. The van der Waals surface area contributed by atoms with Crippen LogP contribution in [0.15, 0.2) is 60.7 Å². The second kappa shape index (κ2) is 8.47. The Bertz CT molecular complexity index is 1100. The van der Waals surface area contributed by atoms with E-state index in [1.54, 1.807) is 7.11 Å². The minimum Gasteiger partial charge on any atom is -0.466 e. The predicted molar refractivity (Wildman–Crippen MR) is 109 cm³/mol. The summed E-state index contributed by atoms with van der Waals surface area (Å²) in [5, 5.41) is 18.7. The number of rotatable bonds is 7. The molecule has 4 aromatic rings. The molecule has 0 unspecified atom stereocenters. The summed E-state index contributed by atoms with van der Waals surface area (Å²) in [5.74, 6) is 1.51. The van der Waals surface area contributed by atoms with Crippen LogP contribution >= 0.6 is 0 Å². The molecule has 8 heteroatoms. The van der Waals surface area contributed by atoms with Crippen molar-refractivity contribution in [3.63, 3.8) is 0 Å². The number of methoxy groups -OCH3 is 1. The van der Waals surface area contributed by atoms with Gasteiger partial charge < -0.3 is 4.74 Å². The Kier molecular flexibility index (Phi) is 5.42. The maximum Gasteiger partial charge on any atom is 0.335 e. The summed E-state index contributed by atoms with van der Waals surface area (Å²) in [5.41, 5.74) is 4.24. The fourth-order valence-electron chi connectivity index (χ4n) is 3.12. The number of hydrogen-bond acceptors (Lipinski definition) is 6. The van der Waals surface area contributed by atoms with E-state index in [0.29, 0.717) is 24.8 Å². The standard InChI is InChI=1S/C21H21N7O/c1-3-4-9-19-22-21(29-2)25-28(19)14-15-10-12-16(13-11-15)17-7-5-6-8-18(17)20-23-26-27-24-20/h3-8,10-13H,9,14H2,1-2H3,(H,23,24,26,27)/b4-3+. The van der Waals surface area contributed by atoms with E-state index < -0.39 is 0 Å². The van der Waals surface area contributed by atoms with Crippen LogP contribution in [0.1, 0.15) is 18.3 Å². The van der Waals surface area contributed by atoms with Crippen molar-refractivity contribution in [2.75, 3.05) is 7.11 Å². The van der Waals surface area contributed by atoms with E-state index in [0.717, 1.165) is 28.1 Å². The molecule has 2 aromatic carbocycles. The molecule has 0 bridgehead atoms. The Labute approximate surface area is 168 Å². The van der Waals surface area contributed by atoms with Crippen LogP contribution in [0.25, 0.3) is 22.5 Å². The number of hydrogen-bond donors (Lipinski definition) is 1. The molecule has 0 fully saturated rings. The number of H-pyrrole nitrogens is 1. The molecule has 0 amide bonds. The number of tetrazole rings is 1. The van der Waals surface area contributed by atoms with Crippen molar-refractivity contribution in [1.29, 1.82) is 0 Å². The van der Waals surface area contributed by atoms with E-state index in [-0.39, 0.29) is 0 Å². The number of aromatic nitrogens is 7. The number of nitrogens with zero attached hydrogens (tertiary/aromatic N) is 6. The van der Waals surface area contributed by atoms with Crippen LogP contribution in [0.3, 0.4) is 0 Å². The highest BCUT2D eigenvalue weighted by atomic mass is 16.5. The number of benzene rings is 2. The third-order valence-electron chi connectivity index (χ3n) is 4.57. The lowest BCUT2D eigenvalue weighted by molar-refractivity contribution is 0.377. The van der Waals surface area contributed by atoms with Gasteiger partial charge >= 0.3 is 6.01 Å². The van der Waals surface area contributed by atoms with Crippen LogP contribution in [0.5, 0.6) is 6.01 Å². The molecular weight excluding hydrogens is 366 g/mol. The molecular formula is C21H21N7O. The van der Waals surface area contributed by atoms with Gasteiger partial charge in [0.1, 0.15) is 5.82 Å². The molecule has 2 heterocycles. The molecule has 0 atom stereocenters. The van der Waals surface area contributed by atoms with Crippen molar-refractivity contribution < 1.29 is 4.74 Å². The average molecular weight is 387 g/mol. The third-order valence-corrected chi connectivity index (χ3v) is 4.57. The van der Waals surface area contributed by atoms with Crippen LogP contribution in [0, 0.1) is 0 Å². The average Bonchev–Trinajstić information content (AvgIpc) is 3.43. The van der Waals surface area contributed by atoms with E-state index in [9.17, 15) is 0 Å². The number of nitrogens with one attached hydrogen (secondary N) is 1. The number of ether oxygens (including phenoxy) is 1. The van der Waals surface area contributed by atoms with Crippen molar-refractivity contribution >= 4 is 0 Å². The van der Waals surface area contributed by atoms with Crippen molar-refractivity contribution in [2.45, 2.75) is 19.9 Å². The third kappa shape index (κ3) is 4.06. The molecule has 1 N–H and O–H groups in total. The Hall–Kier alpha value is -3.81. The summed E-state index contributed by atoms with van der Waals surface area (Å²) in [6, 6.07) is 16.8. The minimum absolute atomic E-state index is 0.385. The van der Waals surface area contributed by atoms with Gasteiger partial charge in [-0.2, -0.15) is 4.98 Å². The van der Waals surface area contributed by atoms with Crippen molar-refractivity contribution in [2.24, 2.45) is 0 Å². The second-order valence-corrected chi connectivity index (χ2v) is 6.44. The van der Waals surface area contributed by atoms with Crippen molar-refractivity contribution in [1.82, 2.24) is 35.4 Å². The molecule has 0 saturated carbocycles. The minimum atomic E-state index is 0.385. The fourth-order valence-corrected chi connectivity index (χ4v) is 3.12. The van der Waals surface area contributed by atoms with Gasteiger partial charge in [0.25, 0.3) is 0 Å². The van der Waals surface area contributed by atoms with Gasteiger partial charge in [0.15, 0.2) is 5.82 Å². The molecule has 2 aromatic heterocycles. The van der Waals surface area contributed by atoms with Crippen molar-refractivity contribution in [3.05, 3.63) is 72.1 Å². The van der Waals surface area contributed by atoms with Crippen LogP contribution in [0.4, 0.5) is 0 Å². The van der Waals surface area contributed by atoms with Crippen molar-refractivity contribution in [3.8, 4) is 28.5 Å². The van der Waals surface area contributed by atoms with E-state index in [1.165, 1.54) is 0 Å². The quantitative estimate of drug-likeness (QED) is 0.489. The summed E-state index contributed by atoms with van der Waals surface area (Å²) in [7, 11) is 1.58. The topological polar surface area (TPSA) is 94.4 Å². The predicted octanol–water partition coefficient (Wildman–Crippen LogP) is 3.30. The molecule has 0 aliphatic rings. The molecule has 146 valence electrons. The van der Waals surface area contributed by atoms with Gasteiger partial charge in [-0.05, 0) is 34.0 Å². The summed E-state index contributed by atoms with van der Waals surface area (Å²) in [4.78, 5) is 4.42. The molecule has 0 radical (unpaired) electrons. The van der Waals surface area contributed by atoms with E-state index in [4.69, 9.17) is 4.74 Å². The first-order chi connectivity index (χ1) is 14.3. The molecule has 29 heavy (non-hydrogen) atoms. The lowest BCUT2D eigenvalue weighted by Gasteiger charge is -2.09.